The number of rotatable bonds is 69. The van der Waals surface area contributed by atoms with Gasteiger partial charge >= 0.3 is 33.6 Å². The van der Waals surface area contributed by atoms with Gasteiger partial charge in [-0.2, -0.15) is 0 Å². The lowest BCUT2D eigenvalue weighted by molar-refractivity contribution is -0.161. The first-order valence-corrected chi connectivity index (χ1v) is 39.8. The highest BCUT2D eigenvalue weighted by Crippen LogP contribution is 2.45. The third-order valence-corrected chi connectivity index (χ3v) is 17.1. The summed E-state index contributed by atoms with van der Waals surface area (Å²) < 4.78 is 60.9. The van der Waals surface area contributed by atoms with Crippen LogP contribution < -0.4 is 0 Å². The number of allylic oxidation sites excluding steroid dienone is 20. The Morgan fingerprint density at radius 2 is 0.558 bits per heavy atom. The maximum absolute atomic E-state index is 12.9. The molecule has 5 atom stereocenters. The zero-order valence-corrected chi connectivity index (χ0v) is 61.1. The topological polar surface area (TPSA) is 231 Å². The Morgan fingerprint density at radius 1 is 0.305 bits per heavy atom. The molecule has 0 rings (SSSR count). The highest BCUT2D eigenvalue weighted by molar-refractivity contribution is 7.47. The van der Waals surface area contributed by atoms with Gasteiger partial charge in [0.25, 0.3) is 0 Å². The Labute approximate surface area is 576 Å². The summed E-state index contributed by atoms with van der Waals surface area (Å²) in [5.41, 5.74) is 0. The Morgan fingerprint density at radius 3 is 0.895 bits per heavy atom. The van der Waals surface area contributed by atoms with Gasteiger partial charge in [-0.05, 0) is 122 Å². The van der Waals surface area contributed by atoms with Crippen LogP contribution in [-0.4, -0.2) is 95.9 Å². The fraction of sp³-hybridized carbons (Fsp3) is 0.701. The fourth-order valence-electron chi connectivity index (χ4n) is 9.57. The van der Waals surface area contributed by atoms with E-state index in [1.807, 2.05) is 0 Å². The molecule has 0 saturated carbocycles. The fourth-order valence-corrected chi connectivity index (χ4v) is 11.2. The Balaban J connectivity index is 4.40. The summed E-state index contributed by atoms with van der Waals surface area (Å²) in [4.78, 5) is 58.4. The van der Waals surface area contributed by atoms with E-state index in [0.29, 0.717) is 19.3 Å². The second-order valence-corrected chi connectivity index (χ2v) is 27.2. The normalized spacial score (nSPS) is 14.8. The number of unbranched alkanes of at least 4 members (excludes halogenated alkanes) is 26. The van der Waals surface area contributed by atoms with Crippen molar-refractivity contribution >= 4 is 33.6 Å². The first-order valence-electron chi connectivity index (χ1n) is 36.8. The largest absolute Gasteiger partial charge is 0.472 e. The molecule has 4 N–H and O–H groups in total. The number of carbonyl (C=O) groups excluding carboxylic acids is 3. The summed E-state index contributed by atoms with van der Waals surface area (Å²) in [6, 6.07) is 0. The molecule has 0 fully saturated rings. The molecule has 0 radical (unpaired) electrons. The number of hydrogen-bond acceptors (Lipinski definition) is 14. The molecule has 0 bridgehead atoms. The van der Waals surface area contributed by atoms with Crippen LogP contribution in [0, 0.1) is 0 Å². The van der Waals surface area contributed by atoms with Crippen LogP contribution in [0.5, 0.6) is 0 Å². The molecule has 0 aromatic carbocycles. The molecular weight excluding hydrogens is 1240 g/mol. The van der Waals surface area contributed by atoms with Gasteiger partial charge in [-0.3, -0.25) is 32.5 Å². The van der Waals surface area contributed by atoms with Crippen LogP contribution >= 0.6 is 15.6 Å². The zero-order valence-electron chi connectivity index (χ0n) is 59.3. The van der Waals surface area contributed by atoms with Crippen molar-refractivity contribution in [1.82, 2.24) is 0 Å². The van der Waals surface area contributed by atoms with Gasteiger partial charge in [-0.1, -0.05) is 271 Å². The molecule has 16 nitrogen and oxygen atoms in total. The molecule has 546 valence electrons. The molecule has 0 aliphatic heterocycles. The van der Waals surface area contributed by atoms with Crippen molar-refractivity contribution in [2.75, 3.05) is 39.6 Å². The molecule has 0 spiro atoms. The van der Waals surface area contributed by atoms with E-state index in [0.717, 1.165) is 141 Å². The predicted molar refractivity (Wildman–Crippen MR) is 390 cm³/mol. The van der Waals surface area contributed by atoms with Gasteiger partial charge in [0.1, 0.15) is 25.4 Å². The van der Waals surface area contributed by atoms with Gasteiger partial charge in [-0.15, -0.1) is 0 Å². The molecular formula is C77H132O16P2. The van der Waals surface area contributed by atoms with Crippen molar-refractivity contribution in [3.8, 4) is 0 Å². The van der Waals surface area contributed by atoms with Crippen molar-refractivity contribution in [3.63, 3.8) is 0 Å². The van der Waals surface area contributed by atoms with Gasteiger partial charge in [-0.25, -0.2) is 9.13 Å². The number of ether oxygens (including phenoxy) is 3. The SMILES string of the molecule is CC/C=C\C/C=C\C/C=C\C/C=C\C/C=C\CCCCCCCCCCCCCCCCCC(=O)OCC(O)COP(=O)(O)OCC(O)COP(=O)(O)OCC(COC(=O)CCCCCC/C=C\C/C=C\C/C=C\C/C=C\CC)OC(=O)CCCCCCC/C=C\CCCC. The van der Waals surface area contributed by atoms with E-state index < -0.39 is 91.5 Å². The second kappa shape index (κ2) is 69.8. The molecule has 5 unspecified atom stereocenters. The number of aliphatic hydroxyl groups excluding tert-OH is 2. The minimum absolute atomic E-state index is 0.0870. The second-order valence-electron chi connectivity index (χ2n) is 24.3. The van der Waals surface area contributed by atoms with Crippen molar-refractivity contribution in [2.24, 2.45) is 0 Å². The maximum Gasteiger partial charge on any atom is 0.472 e. The van der Waals surface area contributed by atoms with E-state index >= 15 is 0 Å². The quantitative estimate of drug-likeness (QED) is 0.0146. The van der Waals surface area contributed by atoms with Crippen LogP contribution in [0.15, 0.2) is 122 Å². The highest BCUT2D eigenvalue weighted by Gasteiger charge is 2.29. The molecule has 0 aliphatic rings. The van der Waals surface area contributed by atoms with Crippen LogP contribution in [0.3, 0.4) is 0 Å². The summed E-state index contributed by atoms with van der Waals surface area (Å²) in [5, 5.41) is 20.6. The zero-order chi connectivity index (χ0) is 69.5. The van der Waals surface area contributed by atoms with Gasteiger partial charge in [0, 0.05) is 19.3 Å². The van der Waals surface area contributed by atoms with Crippen LogP contribution in [-0.2, 0) is 55.8 Å². The Hall–Kier alpha value is -4.05. The van der Waals surface area contributed by atoms with Crippen LogP contribution in [0.4, 0.5) is 0 Å². The number of aliphatic hydroxyl groups is 2. The first-order chi connectivity index (χ1) is 46.2. The first kappa shape index (κ1) is 91.0. The molecule has 0 aliphatic carbocycles. The van der Waals surface area contributed by atoms with E-state index in [1.54, 1.807) is 0 Å². The van der Waals surface area contributed by atoms with E-state index in [2.05, 4.69) is 142 Å². The van der Waals surface area contributed by atoms with Crippen molar-refractivity contribution < 1.29 is 75.8 Å². The molecule has 18 heteroatoms. The van der Waals surface area contributed by atoms with E-state index in [-0.39, 0.29) is 19.3 Å². The monoisotopic (exact) mass is 1370 g/mol. The minimum atomic E-state index is -4.93. The number of hydrogen-bond donors (Lipinski definition) is 4. The molecule has 0 heterocycles. The Kier molecular flexibility index (Phi) is 66.9. The van der Waals surface area contributed by atoms with E-state index in [4.69, 9.17) is 32.3 Å². The number of carbonyl (C=O) groups is 3. The van der Waals surface area contributed by atoms with Crippen molar-refractivity contribution in [1.29, 1.82) is 0 Å². The van der Waals surface area contributed by atoms with Crippen molar-refractivity contribution in [2.45, 2.75) is 309 Å². The van der Waals surface area contributed by atoms with Crippen LogP contribution in [0.1, 0.15) is 290 Å². The number of esters is 3. The number of phosphoric ester groups is 2. The maximum atomic E-state index is 12.9. The van der Waals surface area contributed by atoms with Crippen molar-refractivity contribution in [3.05, 3.63) is 122 Å². The lowest BCUT2D eigenvalue weighted by atomic mass is 10.0. The predicted octanol–water partition coefficient (Wildman–Crippen LogP) is 21.0. The minimum Gasteiger partial charge on any atom is -0.463 e. The molecule has 0 aromatic heterocycles. The average Bonchev–Trinajstić information content (AvgIpc) is 1.94. The van der Waals surface area contributed by atoms with Gasteiger partial charge in [0.2, 0.25) is 0 Å². The number of phosphoric acid groups is 2. The standard InChI is InChI=1S/C77H132O16P2/c1-4-7-10-13-16-19-22-24-26-28-29-30-31-32-33-34-35-36-37-38-39-40-41-43-45-46-49-51-54-57-60-63-75(80)87-66-72(78)67-89-94(83,84)90-68-73(79)69-91-95(85,86)92-71-74(93-77(82)65-62-59-56-53-48-21-18-15-12-9-6-3)70-88-76(81)64-61-58-55-52-50-47-44-42-27-25-23-20-17-14-11-8-5-2/h7-8,10-11,15-20,24-27,29-30,32-33,44,47,72-74,78-79H,4-6,9,12-14,21-23,28,31,34-43,45-46,48-71H2,1-3H3,(H,83,84)(H,85,86)/b10-7-,11-8-,18-15-,19-16-,20-17-,26-24-,27-25-,30-29-,33-32-,47-44-. The van der Waals surface area contributed by atoms with E-state index in [1.165, 1.54) is 89.9 Å². The van der Waals surface area contributed by atoms with Gasteiger partial charge < -0.3 is 34.2 Å². The summed E-state index contributed by atoms with van der Waals surface area (Å²) in [6.07, 6.45) is 81.4. The van der Waals surface area contributed by atoms with Crippen LogP contribution in [0.2, 0.25) is 0 Å². The molecule has 0 aromatic rings. The third kappa shape index (κ3) is 71.1. The Bertz CT molecular complexity index is 2210. The smallest absolute Gasteiger partial charge is 0.463 e. The van der Waals surface area contributed by atoms with Crippen LogP contribution in [0.25, 0.3) is 0 Å². The summed E-state index contributed by atoms with van der Waals surface area (Å²) in [6.45, 7) is 2.36. The summed E-state index contributed by atoms with van der Waals surface area (Å²) in [7, 11) is -9.78. The van der Waals surface area contributed by atoms with E-state index in [9.17, 15) is 43.5 Å². The summed E-state index contributed by atoms with van der Waals surface area (Å²) >= 11 is 0. The highest BCUT2D eigenvalue weighted by atomic mass is 31.2. The average molecular weight is 1380 g/mol. The molecule has 0 saturated heterocycles. The van der Waals surface area contributed by atoms with Gasteiger partial charge in [0.05, 0.1) is 26.4 Å². The lowest BCUT2D eigenvalue weighted by Gasteiger charge is -2.21. The lowest BCUT2D eigenvalue weighted by Crippen LogP contribution is -2.30. The molecule has 0 amide bonds. The van der Waals surface area contributed by atoms with Gasteiger partial charge in [0.15, 0.2) is 6.10 Å². The summed E-state index contributed by atoms with van der Waals surface area (Å²) in [5.74, 6) is -1.61. The molecule has 95 heavy (non-hydrogen) atoms. The third-order valence-electron chi connectivity index (χ3n) is 15.2.